The minimum absolute atomic E-state index is 0.00548. The summed E-state index contributed by atoms with van der Waals surface area (Å²) in [5.74, 6) is -1.61. The van der Waals surface area contributed by atoms with Crippen LogP contribution in [0.5, 0.6) is 0 Å². The summed E-state index contributed by atoms with van der Waals surface area (Å²) in [7, 11) is 0. The number of carboxylic acid groups (broad SMARTS) is 1. The molecule has 4 nitrogen and oxygen atoms in total. The lowest BCUT2D eigenvalue weighted by molar-refractivity contribution is -0.142. The lowest BCUT2D eigenvalue weighted by atomic mass is 9.68. The Morgan fingerprint density at radius 2 is 1.20 bits per heavy atom. The normalized spacial score (nSPS) is 12.1. The first-order valence-corrected chi connectivity index (χ1v) is 11.8. The number of rotatable bonds is 8. The molecule has 0 aliphatic rings. The maximum Gasteiger partial charge on any atom is 0.326 e. The summed E-state index contributed by atoms with van der Waals surface area (Å²) in [4.78, 5) is 26.6. The van der Waals surface area contributed by atoms with E-state index in [4.69, 9.17) is 23.2 Å². The van der Waals surface area contributed by atoms with Gasteiger partial charge in [-0.15, -0.1) is 0 Å². The highest BCUT2D eigenvalue weighted by atomic mass is 35.5. The topological polar surface area (TPSA) is 66.4 Å². The van der Waals surface area contributed by atoms with Crippen molar-refractivity contribution in [1.29, 1.82) is 0 Å². The number of hydrogen-bond acceptors (Lipinski definition) is 2. The molecular formula is C29H23Cl2NO3. The summed E-state index contributed by atoms with van der Waals surface area (Å²) in [5.41, 5.74) is 1.48. The molecule has 0 aliphatic carbocycles. The van der Waals surface area contributed by atoms with Crippen LogP contribution >= 0.6 is 23.2 Å². The van der Waals surface area contributed by atoms with Gasteiger partial charge >= 0.3 is 5.97 Å². The van der Waals surface area contributed by atoms with Crippen molar-refractivity contribution in [1.82, 2.24) is 5.32 Å². The number of carbonyl (C=O) groups excluding carboxylic acids is 1. The third kappa shape index (κ3) is 5.09. The smallest absolute Gasteiger partial charge is 0.326 e. The molecule has 0 unspecified atom stereocenters. The van der Waals surface area contributed by atoms with Crippen molar-refractivity contribution in [2.75, 3.05) is 0 Å². The van der Waals surface area contributed by atoms with E-state index in [0.717, 1.165) is 16.7 Å². The van der Waals surface area contributed by atoms with Gasteiger partial charge in [-0.3, -0.25) is 4.79 Å². The van der Waals surface area contributed by atoms with Gasteiger partial charge in [0.25, 0.3) is 0 Å². The van der Waals surface area contributed by atoms with Crippen molar-refractivity contribution in [3.8, 4) is 0 Å². The molecule has 4 aromatic rings. The zero-order valence-electron chi connectivity index (χ0n) is 18.7. The zero-order valence-corrected chi connectivity index (χ0v) is 20.2. The second-order valence-electron chi connectivity index (χ2n) is 8.15. The van der Waals surface area contributed by atoms with Gasteiger partial charge < -0.3 is 10.4 Å². The molecule has 0 fully saturated rings. The molecule has 4 rings (SSSR count). The van der Waals surface area contributed by atoms with E-state index in [1.54, 1.807) is 18.2 Å². The summed E-state index contributed by atoms with van der Waals surface area (Å²) in [5, 5.41) is 13.6. The molecule has 4 aromatic carbocycles. The Morgan fingerprint density at radius 3 is 1.60 bits per heavy atom. The number of amides is 1. The van der Waals surface area contributed by atoms with Crippen molar-refractivity contribution in [2.45, 2.75) is 17.9 Å². The quantitative estimate of drug-likeness (QED) is 0.284. The fourth-order valence-corrected chi connectivity index (χ4v) is 4.82. The van der Waals surface area contributed by atoms with Crippen LogP contribution in [0.3, 0.4) is 0 Å². The van der Waals surface area contributed by atoms with Crippen molar-refractivity contribution in [2.24, 2.45) is 0 Å². The largest absolute Gasteiger partial charge is 0.480 e. The van der Waals surface area contributed by atoms with Gasteiger partial charge in [0, 0.05) is 16.5 Å². The molecule has 2 N–H and O–H groups in total. The summed E-state index contributed by atoms with van der Waals surface area (Å²) < 4.78 is 0. The highest BCUT2D eigenvalue weighted by molar-refractivity contribution is 6.35. The molecule has 0 bridgehead atoms. The molecular weight excluding hydrogens is 481 g/mol. The Bertz CT molecular complexity index is 1220. The van der Waals surface area contributed by atoms with Crippen LogP contribution in [0.1, 0.15) is 22.3 Å². The Morgan fingerprint density at radius 1 is 0.743 bits per heavy atom. The molecule has 1 amide bonds. The van der Waals surface area contributed by atoms with Crippen LogP contribution in [0, 0.1) is 0 Å². The first-order valence-electron chi connectivity index (χ1n) is 11.1. The van der Waals surface area contributed by atoms with Crippen molar-refractivity contribution < 1.29 is 14.7 Å². The van der Waals surface area contributed by atoms with E-state index in [1.807, 2.05) is 91.0 Å². The number of carboxylic acids is 1. The Balaban J connectivity index is 1.84. The van der Waals surface area contributed by atoms with Gasteiger partial charge in [0.05, 0.1) is 0 Å². The van der Waals surface area contributed by atoms with E-state index in [9.17, 15) is 14.7 Å². The van der Waals surface area contributed by atoms with E-state index in [-0.39, 0.29) is 6.42 Å². The fraction of sp³-hybridized carbons (Fsp3) is 0.103. The van der Waals surface area contributed by atoms with E-state index >= 15 is 0 Å². The highest BCUT2D eigenvalue weighted by Crippen LogP contribution is 2.39. The first kappa shape index (κ1) is 24.5. The van der Waals surface area contributed by atoms with E-state index < -0.39 is 23.3 Å². The molecule has 1 atom stereocenters. The third-order valence-electron chi connectivity index (χ3n) is 6.00. The minimum atomic E-state index is -1.28. The molecule has 0 heterocycles. The highest BCUT2D eigenvalue weighted by Gasteiger charge is 2.45. The summed E-state index contributed by atoms with van der Waals surface area (Å²) in [6.45, 7) is 0. The zero-order chi connectivity index (χ0) is 24.8. The molecule has 0 saturated carbocycles. The van der Waals surface area contributed by atoms with Gasteiger partial charge in [0.15, 0.2) is 0 Å². The van der Waals surface area contributed by atoms with E-state index in [0.29, 0.717) is 15.6 Å². The van der Waals surface area contributed by atoms with Crippen LogP contribution in [0.4, 0.5) is 0 Å². The average molecular weight is 504 g/mol. The number of halogens is 2. The van der Waals surface area contributed by atoms with Crippen molar-refractivity contribution in [3.05, 3.63) is 141 Å². The number of aliphatic carboxylic acids is 1. The van der Waals surface area contributed by atoms with E-state index in [2.05, 4.69) is 5.32 Å². The van der Waals surface area contributed by atoms with Crippen LogP contribution in [-0.4, -0.2) is 23.0 Å². The molecule has 0 aliphatic heterocycles. The lowest BCUT2D eigenvalue weighted by Gasteiger charge is -2.35. The molecule has 0 aromatic heterocycles. The van der Waals surface area contributed by atoms with Crippen LogP contribution in [0.15, 0.2) is 109 Å². The van der Waals surface area contributed by atoms with Gasteiger partial charge in [0.2, 0.25) is 5.91 Å². The number of hydrogen-bond donors (Lipinski definition) is 2. The minimum Gasteiger partial charge on any atom is -0.480 e. The van der Waals surface area contributed by atoms with Crippen LogP contribution in [-0.2, 0) is 21.4 Å². The van der Waals surface area contributed by atoms with Crippen LogP contribution in [0.25, 0.3) is 0 Å². The standard InChI is InChI=1S/C29H23Cl2NO3/c30-24-17-16-20(25(31)19-24)18-26(27(33)34)32-28(35)29(21-10-4-1-5-11-21,22-12-6-2-7-13-22)23-14-8-3-9-15-23/h1-17,19,26H,18H2,(H,32,35)(H,33,34)/t26-/m1/s1. The van der Waals surface area contributed by atoms with Gasteiger partial charge in [-0.2, -0.15) is 0 Å². The molecule has 0 radical (unpaired) electrons. The third-order valence-corrected chi connectivity index (χ3v) is 6.59. The number of benzene rings is 4. The summed E-state index contributed by atoms with van der Waals surface area (Å²) in [6, 6.07) is 31.8. The maximum absolute atomic E-state index is 14.3. The molecule has 176 valence electrons. The van der Waals surface area contributed by atoms with Crippen LogP contribution in [0.2, 0.25) is 10.0 Å². The van der Waals surface area contributed by atoms with Crippen LogP contribution < -0.4 is 5.32 Å². The predicted octanol–water partition coefficient (Wildman–Crippen LogP) is 6.14. The Labute approximate surface area is 214 Å². The second kappa shape index (κ2) is 10.8. The Hall–Kier alpha value is -3.60. The van der Waals surface area contributed by atoms with Gasteiger partial charge in [-0.1, -0.05) is 120 Å². The van der Waals surface area contributed by atoms with E-state index in [1.165, 1.54) is 0 Å². The Kier molecular flexibility index (Phi) is 7.54. The molecule has 0 spiro atoms. The van der Waals surface area contributed by atoms with Gasteiger partial charge in [-0.05, 0) is 34.4 Å². The number of carbonyl (C=O) groups is 2. The molecule has 6 heteroatoms. The SMILES string of the molecule is O=C(O)[C@@H](Cc1ccc(Cl)cc1Cl)NC(=O)C(c1ccccc1)(c1ccccc1)c1ccccc1. The first-order chi connectivity index (χ1) is 16.9. The van der Waals surface area contributed by atoms with Gasteiger partial charge in [-0.25, -0.2) is 4.79 Å². The molecule has 0 saturated heterocycles. The summed E-state index contributed by atoms with van der Waals surface area (Å²) >= 11 is 12.3. The number of nitrogens with one attached hydrogen (secondary N) is 1. The average Bonchev–Trinajstić information content (AvgIpc) is 2.87. The fourth-order valence-electron chi connectivity index (χ4n) is 4.33. The summed E-state index contributed by atoms with van der Waals surface area (Å²) in [6.07, 6.45) is 0.00548. The second-order valence-corrected chi connectivity index (χ2v) is 9.00. The monoisotopic (exact) mass is 503 g/mol. The van der Waals surface area contributed by atoms with Crippen molar-refractivity contribution >= 4 is 35.1 Å². The predicted molar refractivity (Wildman–Crippen MR) is 139 cm³/mol. The van der Waals surface area contributed by atoms with Crippen molar-refractivity contribution in [3.63, 3.8) is 0 Å². The lowest BCUT2D eigenvalue weighted by Crippen LogP contribution is -2.52. The maximum atomic E-state index is 14.3. The molecule has 35 heavy (non-hydrogen) atoms. The van der Waals surface area contributed by atoms with Gasteiger partial charge in [0.1, 0.15) is 11.5 Å².